The normalized spacial score (nSPS) is 17.9. The summed E-state index contributed by atoms with van der Waals surface area (Å²) in [7, 11) is -1.46. The summed E-state index contributed by atoms with van der Waals surface area (Å²) < 4.78 is 27.3. The fraction of sp³-hybridized carbons (Fsp3) is 0.667. The van der Waals surface area contributed by atoms with Crippen LogP contribution in [0.2, 0.25) is 0 Å². The molecule has 158 valence electrons. The number of carbonyl (C=O) groups is 1. The molecule has 0 spiro atoms. The van der Waals surface area contributed by atoms with Gasteiger partial charge in [0, 0.05) is 37.6 Å². The summed E-state index contributed by atoms with van der Waals surface area (Å²) in [5.41, 5.74) is 2.04. The Balaban J connectivity index is 1.92. The molecule has 1 saturated heterocycles. The quantitative estimate of drug-likeness (QED) is 0.751. The first-order chi connectivity index (χ1) is 13.0. The zero-order chi connectivity index (χ0) is 21.1. The number of hydrogen-bond donors (Lipinski definition) is 1. The SMILES string of the molecule is Cc1ccc(S(=O)(=O)N2CCC(C(=O)N[C@H](C)CN(C)C(C)C)CC2)cc1C. The molecule has 1 aliphatic rings. The highest BCUT2D eigenvalue weighted by atomic mass is 32.2. The molecule has 1 N–H and O–H groups in total. The Morgan fingerprint density at radius 3 is 2.32 bits per heavy atom. The first-order valence-corrected chi connectivity index (χ1v) is 11.5. The predicted octanol–water partition coefficient (Wildman–Crippen LogP) is 2.55. The number of aryl methyl sites for hydroxylation is 2. The van der Waals surface area contributed by atoms with Gasteiger partial charge < -0.3 is 10.2 Å². The van der Waals surface area contributed by atoms with Crippen molar-refractivity contribution in [1.82, 2.24) is 14.5 Å². The minimum Gasteiger partial charge on any atom is -0.352 e. The number of rotatable bonds is 7. The maximum atomic E-state index is 12.9. The van der Waals surface area contributed by atoms with Crippen molar-refractivity contribution in [1.29, 1.82) is 0 Å². The third-order valence-electron chi connectivity index (χ3n) is 5.77. The van der Waals surface area contributed by atoms with Crippen LogP contribution in [0.25, 0.3) is 0 Å². The smallest absolute Gasteiger partial charge is 0.243 e. The van der Waals surface area contributed by atoms with Gasteiger partial charge in [0.1, 0.15) is 0 Å². The highest BCUT2D eigenvalue weighted by Crippen LogP contribution is 2.25. The summed E-state index contributed by atoms with van der Waals surface area (Å²) in [5, 5.41) is 3.09. The van der Waals surface area contributed by atoms with Gasteiger partial charge in [-0.1, -0.05) is 6.07 Å². The van der Waals surface area contributed by atoms with E-state index in [0.29, 0.717) is 36.9 Å². The number of sulfonamides is 1. The molecule has 1 aromatic carbocycles. The Bertz CT molecular complexity index is 784. The fourth-order valence-electron chi connectivity index (χ4n) is 3.43. The second kappa shape index (κ2) is 9.37. The summed E-state index contributed by atoms with van der Waals surface area (Å²) in [5.74, 6) is -0.0918. The summed E-state index contributed by atoms with van der Waals surface area (Å²) >= 11 is 0. The molecule has 0 bridgehead atoms. The number of hydrogen-bond acceptors (Lipinski definition) is 4. The third-order valence-corrected chi connectivity index (χ3v) is 7.67. The molecule has 7 heteroatoms. The van der Waals surface area contributed by atoms with Gasteiger partial charge in [-0.05, 0) is 77.8 Å². The molecule has 1 amide bonds. The average molecular weight is 410 g/mol. The lowest BCUT2D eigenvalue weighted by molar-refractivity contribution is -0.126. The predicted molar refractivity (Wildman–Crippen MR) is 113 cm³/mol. The summed E-state index contributed by atoms with van der Waals surface area (Å²) in [6, 6.07) is 5.74. The van der Waals surface area contributed by atoms with Crippen LogP contribution in [0.3, 0.4) is 0 Å². The molecule has 0 unspecified atom stereocenters. The van der Waals surface area contributed by atoms with E-state index in [4.69, 9.17) is 0 Å². The molecule has 0 saturated carbocycles. The van der Waals surface area contributed by atoms with E-state index < -0.39 is 10.0 Å². The van der Waals surface area contributed by atoms with Crippen molar-refractivity contribution in [2.75, 3.05) is 26.7 Å². The second-order valence-electron chi connectivity index (χ2n) is 8.37. The van der Waals surface area contributed by atoms with Gasteiger partial charge in [-0.25, -0.2) is 8.42 Å². The van der Waals surface area contributed by atoms with Gasteiger partial charge in [0.05, 0.1) is 4.90 Å². The number of benzene rings is 1. The van der Waals surface area contributed by atoms with Crippen LogP contribution in [0.1, 0.15) is 44.7 Å². The molecule has 0 aliphatic carbocycles. The molecular formula is C21H35N3O3S. The third kappa shape index (κ3) is 5.55. The Morgan fingerprint density at radius 1 is 1.18 bits per heavy atom. The first kappa shape index (κ1) is 22.8. The van der Waals surface area contributed by atoms with Gasteiger partial charge >= 0.3 is 0 Å². The van der Waals surface area contributed by atoms with Crippen LogP contribution in [0, 0.1) is 19.8 Å². The maximum absolute atomic E-state index is 12.9. The van der Waals surface area contributed by atoms with Gasteiger partial charge in [0.25, 0.3) is 0 Å². The number of piperidine rings is 1. The Labute approximate surface area is 170 Å². The monoisotopic (exact) mass is 409 g/mol. The molecular weight excluding hydrogens is 374 g/mol. The zero-order valence-electron chi connectivity index (χ0n) is 18.0. The molecule has 0 radical (unpaired) electrons. The van der Waals surface area contributed by atoms with Crippen molar-refractivity contribution in [3.8, 4) is 0 Å². The molecule has 0 aromatic heterocycles. The molecule has 6 nitrogen and oxygen atoms in total. The highest BCUT2D eigenvalue weighted by molar-refractivity contribution is 7.89. The number of nitrogens with one attached hydrogen (secondary N) is 1. The van der Waals surface area contributed by atoms with E-state index in [9.17, 15) is 13.2 Å². The van der Waals surface area contributed by atoms with E-state index in [1.165, 1.54) is 4.31 Å². The van der Waals surface area contributed by atoms with Crippen LogP contribution in [-0.2, 0) is 14.8 Å². The number of likely N-dealkylation sites (N-methyl/N-ethyl adjacent to an activating group) is 1. The minimum absolute atomic E-state index is 0.0351. The maximum Gasteiger partial charge on any atom is 0.243 e. The van der Waals surface area contributed by atoms with Crippen LogP contribution >= 0.6 is 0 Å². The molecule has 1 aliphatic heterocycles. The van der Waals surface area contributed by atoms with Crippen molar-refractivity contribution >= 4 is 15.9 Å². The van der Waals surface area contributed by atoms with Crippen molar-refractivity contribution < 1.29 is 13.2 Å². The lowest BCUT2D eigenvalue weighted by Crippen LogP contribution is -2.47. The van der Waals surface area contributed by atoms with E-state index in [2.05, 4.69) is 24.1 Å². The van der Waals surface area contributed by atoms with E-state index in [1.807, 2.05) is 33.9 Å². The second-order valence-corrected chi connectivity index (χ2v) is 10.3. The van der Waals surface area contributed by atoms with Gasteiger partial charge in [-0.15, -0.1) is 0 Å². The molecule has 1 fully saturated rings. The molecule has 28 heavy (non-hydrogen) atoms. The molecule has 2 rings (SSSR count). The van der Waals surface area contributed by atoms with Gasteiger partial charge in [-0.2, -0.15) is 4.31 Å². The van der Waals surface area contributed by atoms with Crippen LogP contribution in [0.4, 0.5) is 0 Å². The van der Waals surface area contributed by atoms with E-state index >= 15 is 0 Å². The molecule has 1 atom stereocenters. The standard InChI is InChI=1S/C21H35N3O3S/c1-15(2)23(6)14-18(5)22-21(25)19-9-11-24(12-10-19)28(26,27)20-8-7-16(3)17(4)13-20/h7-8,13,15,18-19H,9-12,14H2,1-6H3,(H,22,25)/t18-/m1/s1. The van der Waals surface area contributed by atoms with Gasteiger partial charge in [0.15, 0.2) is 0 Å². The summed E-state index contributed by atoms with van der Waals surface area (Å²) in [4.78, 5) is 15.1. The van der Waals surface area contributed by atoms with Crippen molar-refractivity contribution in [2.24, 2.45) is 5.92 Å². The summed E-state index contributed by atoms with van der Waals surface area (Å²) in [6.45, 7) is 11.7. The highest BCUT2D eigenvalue weighted by Gasteiger charge is 2.32. The number of nitrogens with zero attached hydrogens (tertiary/aromatic N) is 2. The number of carbonyl (C=O) groups excluding carboxylic acids is 1. The summed E-state index contributed by atoms with van der Waals surface area (Å²) in [6.07, 6.45) is 1.12. The Morgan fingerprint density at radius 2 is 1.79 bits per heavy atom. The van der Waals surface area contributed by atoms with Gasteiger partial charge in [0.2, 0.25) is 15.9 Å². The van der Waals surface area contributed by atoms with Crippen molar-refractivity contribution in [3.63, 3.8) is 0 Å². The van der Waals surface area contributed by atoms with Crippen LogP contribution in [-0.4, -0.2) is 62.3 Å². The zero-order valence-corrected chi connectivity index (χ0v) is 18.8. The van der Waals surface area contributed by atoms with Crippen LogP contribution < -0.4 is 5.32 Å². The van der Waals surface area contributed by atoms with Crippen LogP contribution in [0.5, 0.6) is 0 Å². The van der Waals surface area contributed by atoms with Gasteiger partial charge in [-0.3, -0.25) is 4.79 Å². The molecule has 1 heterocycles. The number of amides is 1. The van der Waals surface area contributed by atoms with E-state index in [0.717, 1.165) is 17.7 Å². The lowest BCUT2D eigenvalue weighted by Gasteiger charge is -2.32. The first-order valence-electron chi connectivity index (χ1n) is 10.1. The Hall–Kier alpha value is -1.44. The molecule has 1 aromatic rings. The minimum atomic E-state index is -3.50. The van der Waals surface area contributed by atoms with Crippen molar-refractivity contribution in [3.05, 3.63) is 29.3 Å². The topological polar surface area (TPSA) is 69.7 Å². The fourth-order valence-corrected chi connectivity index (χ4v) is 4.99. The van der Waals surface area contributed by atoms with E-state index in [-0.39, 0.29) is 17.9 Å². The van der Waals surface area contributed by atoms with E-state index in [1.54, 1.807) is 12.1 Å². The van der Waals surface area contributed by atoms with Crippen molar-refractivity contribution in [2.45, 2.75) is 64.4 Å². The average Bonchev–Trinajstić information content (AvgIpc) is 2.63. The van der Waals surface area contributed by atoms with Crippen LogP contribution in [0.15, 0.2) is 23.1 Å². The largest absolute Gasteiger partial charge is 0.352 e. The lowest BCUT2D eigenvalue weighted by atomic mass is 9.97. The Kier molecular flexibility index (Phi) is 7.65.